The first-order valence-electron chi connectivity index (χ1n) is 8.90. The standard InChI is InChI=1S/C22H17N3O2/c26-22(24-13-12-16-7-4-5-10-19(16)24)20-15-18(21-11-6-14-27-21)23-25(20)17-8-2-1-3-9-17/h1-11,14-15H,12-13H2. The number of carbonyl (C=O) groups excluding carboxylic acids is 1. The molecule has 0 saturated heterocycles. The molecule has 1 aliphatic rings. The molecule has 3 heterocycles. The summed E-state index contributed by atoms with van der Waals surface area (Å²) in [6, 6.07) is 23.2. The molecule has 2 aromatic carbocycles. The van der Waals surface area contributed by atoms with Crippen molar-refractivity contribution in [1.82, 2.24) is 9.78 Å². The Morgan fingerprint density at radius 3 is 2.59 bits per heavy atom. The van der Waals surface area contributed by atoms with Crippen molar-refractivity contribution < 1.29 is 9.21 Å². The number of rotatable bonds is 3. The van der Waals surface area contributed by atoms with E-state index in [1.807, 2.05) is 65.6 Å². The van der Waals surface area contributed by atoms with Crippen molar-refractivity contribution in [3.05, 3.63) is 90.3 Å². The number of fused-ring (bicyclic) bond motifs is 1. The molecule has 0 N–H and O–H groups in total. The fourth-order valence-corrected chi connectivity index (χ4v) is 3.53. The van der Waals surface area contributed by atoms with Crippen LogP contribution in [-0.2, 0) is 6.42 Å². The summed E-state index contributed by atoms with van der Waals surface area (Å²) in [5, 5.41) is 4.65. The van der Waals surface area contributed by atoms with Crippen molar-refractivity contribution in [1.29, 1.82) is 0 Å². The summed E-state index contributed by atoms with van der Waals surface area (Å²) >= 11 is 0. The van der Waals surface area contributed by atoms with Crippen molar-refractivity contribution in [2.24, 2.45) is 0 Å². The molecule has 5 heteroatoms. The van der Waals surface area contributed by atoms with Gasteiger partial charge in [0.15, 0.2) is 5.76 Å². The van der Waals surface area contributed by atoms with Gasteiger partial charge in [0.1, 0.15) is 11.4 Å². The minimum atomic E-state index is -0.0610. The number of amides is 1. The predicted octanol–water partition coefficient (Wildman–Crippen LogP) is 4.34. The van der Waals surface area contributed by atoms with Gasteiger partial charge in [0.25, 0.3) is 5.91 Å². The summed E-state index contributed by atoms with van der Waals surface area (Å²) in [4.78, 5) is 15.3. The number of nitrogens with zero attached hydrogens (tertiary/aromatic N) is 3. The van der Waals surface area contributed by atoms with Crippen LogP contribution < -0.4 is 4.90 Å². The molecule has 1 aliphatic heterocycles. The molecule has 0 fully saturated rings. The molecule has 4 aromatic rings. The van der Waals surface area contributed by atoms with Crippen LogP contribution in [0, 0.1) is 0 Å². The molecule has 2 aromatic heterocycles. The molecule has 27 heavy (non-hydrogen) atoms. The zero-order chi connectivity index (χ0) is 18.2. The molecule has 132 valence electrons. The lowest BCUT2D eigenvalue weighted by Crippen LogP contribution is -2.30. The quantitative estimate of drug-likeness (QED) is 0.549. The molecular weight excluding hydrogens is 338 g/mol. The van der Waals surface area contributed by atoms with E-state index in [2.05, 4.69) is 11.2 Å². The van der Waals surface area contributed by atoms with Gasteiger partial charge < -0.3 is 9.32 Å². The molecule has 0 unspecified atom stereocenters. The van der Waals surface area contributed by atoms with Gasteiger partial charge in [0.2, 0.25) is 0 Å². The van der Waals surface area contributed by atoms with Crippen molar-refractivity contribution >= 4 is 11.6 Å². The van der Waals surface area contributed by atoms with E-state index in [0.717, 1.165) is 17.8 Å². The van der Waals surface area contributed by atoms with Gasteiger partial charge in [-0.1, -0.05) is 36.4 Å². The average molecular weight is 355 g/mol. The van der Waals surface area contributed by atoms with E-state index in [0.29, 0.717) is 23.7 Å². The van der Waals surface area contributed by atoms with Crippen LogP contribution in [0.15, 0.2) is 83.5 Å². The van der Waals surface area contributed by atoms with E-state index in [9.17, 15) is 4.79 Å². The third-order valence-corrected chi connectivity index (χ3v) is 4.84. The Morgan fingerprint density at radius 1 is 0.963 bits per heavy atom. The first kappa shape index (κ1) is 15.6. The monoisotopic (exact) mass is 355 g/mol. The highest BCUT2D eigenvalue weighted by Crippen LogP contribution is 2.30. The van der Waals surface area contributed by atoms with E-state index in [1.165, 1.54) is 5.56 Å². The van der Waals surface area contributed by atoms with E-state index >= 15 is 0 Å². The Bertz CT molecular complexity index is 1100. The third-order valence-electron chi connectivity index (χ3n) is 4.84. The van der Waals surface area contributed by atoms with E-state index < -0.39 is 0 Å². The number of anilines is 1. The van der Waals surface area contributed by atoms with Gasteiger partial charge in [-0.3, -0.25) is 4.79 Å². The lowest BCUT2D eigenvalue weighted by atomic mass is 10.2. The highest BCUT2D eigenvalue weighted by atomic mass is 16.3. The SMILES string of the molecule is O=C(c1cc(-c2ccco2)nn1-c1ccccc1)N1CCc2ccccc21. The average Bonchev–Trinajstić information content (AvgIpc) is 3.46. The Hall–Kier alpha value is -3.60. The van der Waals surface area contributed by atoms with Gasteiger partial charge >= 0.3 is 0 Å². The van der Waals surface area contributed by atoms with Crippen molar-refractivity contribution in [3.8, 4) is 17.1 Å². The fraction of sp³-hybridized carbons (Fsp3) is 0.0909. The Labute approximate surface area is 156 Å². The first-order chi connectivity index (χ1) is 13.3. The smallest absolute Gasteiger partial charge is 0.277 e. The Morgan fingerprint density at radius 2 is 1.78 bits per heavy atom. The number of hydrogen-bond donors (Lipinski definition) is 0. The van der Waals surface area contributed by atoms with Crippen LogP contribution in [0.3, 0.4) is 0 Å². The van der Waals surface area contributed by atoms with Gasteiger partial charge in [-0.05, 0) is 42.3 Å². The largest absolute Gasteiger partial charge is 0.463 e. The van der Waals surface area contributed by atoms with Gasteiger partial charge in [0.05, 0.1) is 12.0 Å². The van der Waals surface area contributed by atoms with Gasteiger partial charge in [-0.2, -0.15) is 5.10 Å². The maximum absolute atomic E-state index is 13.4. The second-order valence-corrected chi connectivity index (χ2v) is 6.47. The highest BCUT2D eigenvalue weighted by Gasteiger charge is 2.29. The summed E-state index contributed by atoms with van der Waals surface area (Å²) in [6.45, 7) is 0.675. The molecule has 0 bridgehead atoms. The summed E-state index contributed by atoms with van der Waals surface area (Å²) < 4.78 is 7.18. The minimum absolute atomic E-state index is 0.0610. The van der Waals surface area contributed by atoms with Crippen LogP contribution in [0.25, 0.3) is 17.1 Å². The van der Waals surface area contributed by atoms with E-state index in [-0.39, 0.29) is 5.91 Å². The molecule has 0 atom stereocenters. The molecule has 0 saturated carbocycles. The Kier molecular flexibility index (Phi) is 3.64. The molecule has 0 radical (unpaired) electrons. The lowest BCUT2D eigenvalue weighted by Gasteiger charge is -2.18. The second kappa shape index (κ2) is 6.29. The number of para-hydroxylation sites is 2. The minimum Gasteiger partial charge on any atom is -0.463 e. The van der Waals surface area contributed by atoms with Crippen LogP contribution in [0.5, 0.6) is 0 Å². The van der Waals surface area contributed by atoms with Crippen molar-refractivity contribution in [2.75, 3.05) is 11.4 Å². The normalized spacial score (nSPS) is 13.0. The first-order valence-corrected chi connectivity index (χ1v) is 8.90. The number of hydrogen-bond acceptors (Lipinski definition) is 3. The molecule has 0 spiro atoms. The lowest BCUT2D eigenvalue weighted by molar-refractivity contribution is 0.0982. The summed E-state index contributed by atoms with van der Waals surface area (Å²) in [7, 11) is 0. The van der Waals surface area contributed by atoms with E-state index in [4.69, 9.17) is 4.42 Å². The third kappa shape index (κ3) is 2.64. The van der Waals surface area contributed by atoms with Gasteiger partial charge in [0, 0.05) is 18.3 Å². The zero-order valence-corrected chi connectivity index (χ0v) is 14.6. The zero-order valence-electron chi connectivity index (χ0n) is 14.6. The number of carbonyl (C=O) groups is 1. The second-order valence-electron chi connectivity index (χ2n) is 6.47. The van der Waals surface area contributed by atoms with Crippen LogP contribution in [0.2, 0.25) is 0 Å². The predicted molar refractivity (Wildman–Crippen MR) is 103 cm³/mol. The molecule has 5 rings (SSSR count). The number of furan rings is 1. The van der Waals surface area contributed by atoms with Gasteiger partial charge in [-0.25, -0.2) is 4.68 Å². The van der Waals surface area contributed by atoms with Crippen LogP contribution >= 0.6 is 0 Å². The summed E-state index contributed by atoms with van der Waals surface area (Å²) in [5.74, 6) is 0.578. The van der Waals surface area contributed by atoms with Gasteiger partial charge in [-0.15, -0.1) is 0 Å². The maximum atomic E-state index is 13.4. The topological polar surface area (TPSA) is 51.3 Å². The number of aromatic nitrogens is 2. The Balaban J connectivity index is 1.62. The highest BCUT2D eigenvalue weighted by molar-refractivity contribution is 6.07. The fourth-order valence-electron chi connectivity index (χ4n) is 3.53. The van der Waals surface area contributed by atoms with Crippen LogP contribution in [-0.4, -0.2) is 22.2 Å². The number of benzene rings is 2. The van der Waals surface area contributed by atoms with E-state index in [1.54, 1.807) is 17.0 Å². The molecule has 0 aliphatic carbocycles. The molecular formula is C22H17N3O2. The maximum Gasteiger partial charge on any atom is 0.277 e. The van der Waals surface area contributed by atoms with Crippen LogP contribution in [0.4, 0.5) is 5.69 Å². The molecule has 5 nitrogen and oxygen atoms in total. The summed E-state index contributed by atoms with van der Waals surface area (Å²) in [5.41, 5.74) is 4.17. The summed E-state index contributed by atoms with van der Waals surface area (Å²) in [6.07, 6.45) is 2.47. The van der Waals surface area contributed by atoms with Crippen LogP contribution in [0.1, 0.15) is 16.1 Å². The van der Waals surface area contributed by atoms with Crippen molar-refractivity contribution in [3.63, 3.8) is 0 Å². The van der Waals surface area contributed by atoms with Crippen molar-refractivity contribution in [2.45, 2.75) is 6.42 Å². The molecule has 1 amide bonds.